The molecule has 2 unspecified atom stereocenters. The van der Waals surface area contributed by atoms with Crippen LogP contribution in [0.1, 0.15) is 35.8 Å². The van der Waals surface area contributed by atoms with Gasteiger partial charge >= 0.3 is 6.18 Å². The third-order valence-electron chi connectivity index (χ3n) is 5.57. The van der Waals surface area contributed by atoms with Crippen molar-refractivity contribution < 1.29 is 18.0 Å². The third-order valence-corrected chi connectivity index (χ3v) is 7.52. The van der Waals surface area contributed by atoms with Crippen LogP contribution in [-0.4, -0.2) is 41.0 Å². The number of fused-ring (bicyclic) bond motifs is 3. The van der Waals surface area contributed by atoms with Gasteiger partial charge in [0, 0.05) is 27.9 Å². The Balaban J connectivity index is 1.39. The number of hydrogen-bond acceptors (Lipinski definition) is 5. The Hall–Kier alpha value is -1.58. The second-order valence-corrected chi connectivity index (χ2v) is 9.41. The zero-order chi connectivity index (χ0) is 19.9. The largest absolute Gasteiger partial charge is 0.434 e. The zero-order valence-electron chi connectivity index (χ0n) is 15.2. The van der Waals surface area contributed by atoms with Crippen molar-refractivity contribution in [2.75, 3.05) is 13.1 Å². The number of carbonyl (C=O) groups excluding carboxylic acids is 1. The van der Waals surface area contributed by atoms with E-state index in [0.717, 1.165) is 59.3 Å². The number of piperidine rings is 3. The van der Waals surface area contributed by atoms with Crippen LogP contribution in [0.4, 0.5) is 13.2 Å². The molecule has 2 bridgehead atoms. The summed E-state index contributed by atoms with van der Waals surface area (Å²) in [6, 6.07) is 7.42. The van der Waals surface area contributed by atoms with E-state index in [4.69, 9.17) is 0 Å². The zero-order valence-corrected chi connectivity index (χ0v) is 16.8. The average molecular weight is 428 g/mol. The summed E-state index contributed by atoms with van der Waals surface area (Å²) >= 11 is 2.12. The smallest absolute Gasteiger partial charge is 0.347 e. The lowest BCUT2D eigenvalue weighted by Crippen LogP contribution is -2.62. The van der Waals surface area contributed by atoms with Gasteiger partial charge in [-0.2, -0.15) is 13.2 Å². The van der Waals surface area contributed by atoms with Gasteiger partial charge in [-0.15, -0.1) is 11.3 Å². The molecule has 3 aliphatic rings. The summed E-state index contributed by atoms with van der Waals surface area (Å²) in [5, 5.41) is 4.20. The van der Waals surface area contributed by atoms with Gasteiger partial charge in [-0.1, -0.05) is 11.8 Å². The van der Waals surface area contributed by atoms with Gasteiger partial charge in [0.05, 0.1) is 0 Å². The van der Waals surface area contributed by atoms with Gasteiger partial charge in [-0.05, 0) is 63.0 Å². The molecule has 3 fully saturated rings. The van der Waals surface area contributed by atoms with Crippen molar-refractivity contribution in [1.82, 2.24) is 15.2 Å². The lowest BCUT2D eigenvalue weighted by molar-refractivity contribution is -0.141. The molecule has 1 amide bonds. The summed E-state index contributed by atoms with van der Waals surface area (Å²) in [4.78, 5) is 19.4. The van der Waals surface area contributed by atoms with Crippen LogP contribution in [0, 0.1) is 5.92 Å². The lowest BCUT2D eigenvalue weighted by atomic mass is 9.79. The number of halogens is 3. The van der Waals surface area contributed by atoms with Crippen LogP contribution in [0.3, 0.4) is 0 Å². The molecule has 9 heteroatoms. The highest BCUT2D eigenvalue weighted by atomic mass is 32.2. The first-order chi connectivity index (χ1) is 13.3. The Morgan fingerprint density at radius 2 is 1.93 bits per heavy atom. The molecule has 0 aliphatic carbocycles. The molecule has 2 aromatic rings. The van der Waals surface area contributed by atoms with Crippen molar-refractivity contribution in [1.29, 1.82) is 0 Å². The molecule has 3 aliphatic heterocycles. The van der Waals surface area contributed by atoms with Gasteiger partial charge in [0.15, 0.2) is 10.0 Å². The topological polar surface area (TPSA) is 45.2 Å². The number of amides is 1. The molecule has 1 N–H and O–H groups in total. The fourth-order valence-electron chi connectivity index (χ4n) is 3.99. The van der Waals surface area contributed by atoms with E-state index in [0.29, 0.717) is 21.9 Å². The Kier molecular flexibility index (Phi) is 5.41. The minimum absolute atomic E-state index is 0.101. The van der Waals surface area contributed by atoms with Crippen molar-refractivity contribution in [2.24, 2.45) is 5.92 Å². The predicted octanol–water partition coefficient (Wildman–Crippen LogP) is 4.53. The molecule has 1 aromatic carbocycles. The Bertz CT molecular complexity index is 843. The first kappa shape index (κ1) is 19.7. The van der Waals surface area contributed by atoms with Crippen molar-refractivity contribution in [3.63, 3.8) is 0 Å². The van der Waals surface area contributed by atoms with Gasteiger partial charge in [0.1, 0.15) is 0 Å². The second kappa shape index (κ2) is 7.68. The number of nitrogens with one attached hydrogen (secondary N) is 1. The van der Waals surface area contributed by atoms with Crippen LogP contribution >= 0.6 is 23.1 Å². The Labute approximate surface area is 169 Å². The number of alkyl halides is 3. The Morgan fingerprint density at radius 1 is 1.25 bits per heavy atom. The van der Waals surface area contributed by atoms with Gasteiger partial charge in [0.25, 0.3) is 5.91 Å². The molecular weight excluding hydrogens is 407 g/mol. The SMILES string of the molecule is CC1C(NC(=O)c2ccc(Sc3nc(C(F)(F)F)cs3)cc2)C2CCN1CC2. The summed E-state index contributed by atoms with van der Waals surface area (Å²) in [5.41, 5.74) is -0.314. The fourth-order valence-corrected chi connectivity index (χ4v) is 5.78. The number of benzene rings is 1. The van der Waals surface area contributed by atoms with E-state index in [1.165, 1.54) is 0 Å². The second-order valence-electron chi connectivity index (χ2n) is 7.24. The number of rotatable bonds is 4. The molecule has 28 heavy (non-hydrogen) atoms. The number of carbonyl (C=O) groups is 1. The first-order valence-corrected chi connectivity index (χ1v) is 10.9. The maximum Gasteiger partial charge on any atom is 0.434 e. The maximum absolute atomic E-state index is 12.6. The number of hydrogen-bond donors (Lipinski definition) is 1. The Morgan fingerprint density at radius 3 is 2.50 bits per heavy atom. The molecule has 0 saturated carbocycles. The third kappa shape index (κ3) is 4.06. The quantitative estimate of drug-likeness (QED) is 0.779. The van der Waals surface area contributed by atoms with Crippen LogP contribution in [0.25, 0.3) is 0 Å². The lowest BCUT2D eigenvalue weighted by Gasteiger charge is -2.49. The molecule has 4 heterocycles. The van der Waals surface area contributed by atoms with Gasteiger partial charge in [-0.3, -0.25) is 9.69 Å². The molecule has 3 saturated heterocycles. The van der Waals surface area contributed by atoms with E-state index in [1.54, 1.807) is 24.3 Å². The summed E-state index contributed by atoms with van der Waals surface area (Å²) in [5.74, 6) is 0.433. The molecule has 1 aromatic heterocycles. The average Bonchev–Trinajstić information content (AvgIpc) is 3.14. The maximum atomic E-state index is 12.6. The molecule has 5 rings (SSSR count). The minimum atomic E-state index is -4.43. The number of aromatic nitrogens is 1. The fraction of sp³-hybridized carbons (Fsp3) is 0.474. The molecule has 150 valence electrons. The first-order valence-electron chi connectivity index (χ1n) is 9.17. The van der Waals surface area contributed by atoms with Crippen LogP contribution in [0.15, 0.2) is 38.9 Å². The molecule has 2 atom stereocenters. The van der Waals surface area contributed by atoms with E-state index >= 15 is 0 Å². The van der Waals surface area contributed by atoms with Crippen molar-refractivity contribution in [3.8, 4) is 0 Å². The minimum Gasteiger partial charge on any atom is -0.347 e. The van der Waals surface area contributed by atoms with E-state index in [1.807, 2.05) is 0 Å². The highest BCUT2D eigenvalue weighted by Gasteiger charge is 2.40. The van der Waals surface area contributed by atoms with Crippen LogP contribution < -0.4 is 5.32 Å². The van der Waals surface area contributed by atoms with Crippen molar-refractivity contribution >= 4 is 29.0 Å². The van der Waals surface area contributed by atoms with E-state index in [-0.39, 0.29) is 11.9 Å². The predicted molar refractivity (Wildman–Crippen MR) is 103 cm³/mol. The summed E-state index contributed by atoms with van der Waals surface area (Å²) in [7, 11) is 0. The summed E-state index contributed by atoms with van der Waals surface area (Å²) in [6.45, 7) is 4.38. The summed E-state index contributed by atoms with van der Waals surface area (Å²) < 4.78 is 38.3. The highest BCUT2D eigenvalue weighted by Crippen LogP contribution is 2.36. The van der Waals surface area contributed by atoms with Crippen molar-refractivity contribution in [2.45, 2.75) is 47.3 Å². The van der Waals surface area contributed by atoms with Crippen molar-refractivity contribution in [3.05, 3.63) is 40.9 Å². The number of thiazole rings is 1. The normalized spacial score (nSPS) is 27.0. The molecule has 4 nitrogen and oxygen atoms in total. The van der Waals surface area contributed by atoms with Gasteiger partial charge < -0.3 is 5.32 Å². The van der Waals surface area contributed by atoms with Crippen LogP contribution in [0.2, 0.25) is 0 Å². The van der Waals surface area contributed by atoms with Gasteiger partial charge in [0.2, 0.25) is 0 Å². The monoisotopic (exact) mass is 427 g/mol. The summed E-state index contributed by atoms with van der Waals surface area (Å²) in [6.07, 6.45) is -2.18. The van der Waals surface area contributed by atoms with E-state index < -0.39 is 11.9 Å². The molecule has 0 spiro atoms. The van der Waals surface area contributed by atoms with Crippen LogP contribution in [-0.2, 0) is 6.18 Å². The molecule has 0 radical (unpaired) electrons. The molecular formula is C19H20F3N3OS2. The van der Waals surface area contributed by atoms with E-state index in [2.05, 4.69) is 22.1 Å². The highest BCUT2D eigenvalue weighted by molar-refractivity contribution is 8.01. The standard InChI is InChI=1S/C19H20F3N3OS2/c1-11-16(12-6-8-25(11)9-7-12)24-17(26)13-2-4-14(5-3-13)28-18-23-15(10-27-18)19(20,21)22/h2-5,10-12,16H,6-9H2,1H3,(H,24,26). The van der Waals surface area contributed by atoms with Crippen LogP contribution in [0.5, 0.6) is 0 Å². The number of nitrogens with zero attached hydrogens (tertiary/aromatic N) is 2. The van der Waals surface area contributed by atoms with E-state index in [9.17, 15) is 18.0 Å². The van der Waals surface area contributed by atoms with Gasteiger partial charge in [-0.25, -0.2) is 4.98 Å².